The fraction of sp³-hybridized carbons (Fsp3) is 0.0857. The maximum atomic E-state index is 13.7. The third-order valence-electron chi connectivity index (χ3n) is 7.80. The van der Waals surface area contributed by atoms with Gasteiger partial charge in [0.2, 0.25) is 0 Å². The lowest BCUT2D eigenvalue weighted by molar-refractivity contribution is 0.626. The molecule has 0 amide bonds. The Balaban J connectivity index is 1.32. The summed E-state index contributed by atoms with van der Waals surface area (Å²) < 4.78 is 29.0. The van der Waals surface area contributed by atoms with Gasteiger partial charge in [-0.3, -0.25) is 0 Å². The average molecular weight is 541 g/mol. The number of nitrogens with zero attached hydrogens (tertiary/aromatic N) is 4. The Morgan fingerprint density at radius 2 is 1.05 bits per heavy atom. The molecule has 0 radical (unpaired) electrons. The lowest BCUT2D eigenvalue weighted by Gasteiger charge is -2.42. The molecule has 5 aromatic carbocycles. The van der Waals surface area contributed by atoms with E-state index in [1.807, 2.05) is 12.1 Å². The zero-order valence-electron chi connectivity index (χ0n) is 22.6. The molecular weight excluding hydrogens is 514 g/mol. The van der Waals surface area contributed by atoms with Crippen LogP contribution < -0.4 is 4.90 Å². The van der Waals surface area contributed by atoms with Crippen molar-refractivity contribution in [3.63, 3.8) is 0 Å². The van der Waals surface area contributed by atoms with Crippen LogP contribution in [0.25, 0.3) is 28.5 Å². The fourth-order valence-corrected chi connectivity index (χ4v) is 5.69. The number of anilines is 3. The Kier molecular flexibility index (Phi) is 5.78. The van der Waals surface area contributed by atoms with E-state index in [0.717, 1.165) is 22.6 Å². The molecule has 0 saturated heterocycles. The van der Waals surface area contributed by atoms with Crippen LogP contribution in [-0.4, -0.2) is 14.8 Å². The zero-order valence-corrected chi connectivity index (χ0v) is 22.6. The summed E-state index contributed by atoms with van der Waals surface area (Å²) in [7, 11) is 0. The van der Waals surface area contributed by atoms with Crippen LogP contribution in [0.3, 0.4) is 0 Å². The predicted molar refractivity (Wildman–Crippen MR) is 159 cm³/mol. The van der Waals surface area contributed by atoms with E-state index in [2.05, 4.69) is 79.4 Å². The van der Waals surface area contributed by atoms with Crippen molar-refractivity contribution in [1.29, 1.82) is 0 Å². The summed E-state index contributed by atoms with van der Waals surface area (Å²) in [6.07, 6.45) is 0. The molecule has 41 heavy (non-hydrogen) atoms. The highest BCUT2D eigenvalue weighted by molar-refractivity contribution is 5.86. The Morgan fingerprint density at radius 1 is 0.561 bits per heavy atom. The zero-order chi connectivity index (χ0) is 28.1. The Labute approximate surface area is 237 Å². The van der Waals surface area contributed by atoms with E-state index >= 15 is 0 Å². The topological polar surface area (TPSA) is 34.0 Å². The van der Waals surface area contributed by atoms with Gasteiger partial charge in [0.1, 0.15) is 11.6 Å². The minimum absolute atomic E-state index is 0.127. The molecule has 200 valence electrons. The van der Waals surface area contributed by atoms with E-state index in [0.29, 0.717) is 22.9 Å². The molecule has 1 aliphatic heterocycles. The van der Waals surface area contributed by atoms with Gasteiger partial charge in [0.25, 0.3) is 0 Å². The molecule has 1 aromatic heterocycles. The molecule has 7 rings (SSSR count). The van der Waals surface area contributed by atoms with E-state index in [-0.39, 0.29) is 17.0 Å². The number of benzene rings is 5. The Bertz CT molecular complexity index is 1760. The average Bonchev–Trinajstić information content (AvgIpc) is 3.44. The van der Waals surface area contributed by atoms with Gasteiger partial charge in [0.15, 0.2) is 11.6 Å². The van der Waals surface area contributed by atoms with Crippen molar-refractivity contribution < 1.29 is 8.78 Å². The van der Waals surface area contributed by atoms with Crippen molar-refractivity contribution in [2.45, 2.75) is 19.3 Å². The van der Waals surface area contributed by atoms with Crippen molar-refractivity contribution >= 4 is 17.1 Å². The van der Waals surface area contributed by atoms with Gasteiger partial charge >= 0.3 is 0 Å². The first-order chi connectivity index (χ1) is 19.9. The molecule has 1 aliphatic rings. The maximum Gasteiger partial charge on any atom is 0.182 e. The van der Waals surface area contributed by atoms with Gasteiger partial charge in [-0.05, 0) is 96.1 Å². The van der Waals surface area contributed by atoms with Crippen molar-refractivity contribution in [2.24, 2.45) is 0 Å². The lowest BCUT2D eigenvalue weighted by Crippen LogP contribution is -2.30. The van der Waals surface area contributed by atoms with Gasteiger partial charge in [-0.1, -0.05) is 50.2 Å². The molecule has 2 heterocycles. The standard InChI is InChI=1S/C35H26F2N4/c1-35(2)29-7-3-5-9-31(29)40(32-10-6-4-8-30(32)35)27-19-13-23(14-20-27)33-38-34(24-11-15-25(36)16-12-24)41(39-33)28-21-17-26(37)18-22-28/h3-22H,1-2H3. The van der Waals surface area contributed by atoms with Crippen LogP contribution in [-0.2, 0) is 5.41 Å². The number of rotatable bonds is 4. The SMILES string of the molecule is CC1(C)c2ccccc2N(c2ccc(-c3nc(-c4ccc(F)cc4)n(-c4ccc(F)cc4)n3)cc2)c2ccccc21. The summed E-state index contributed by atoms with van der Waals surface area (Å²) in [5, 5.41) is 4.79. The summed E-state index contributed by atoms with van der Waals surface area (Å²) in [4.78, 5) is 7.13. The van der Waals surface area contributed by atoms with Gasteiger partial charge in [0, 0.05) is 22.2 Å². The van der Waals surface area contributed by atoms with E-state index in [1.165, 1.54) is 35.4 Å². The molecule has 0 atom stereocenters. The summed E-state index contributed by atoms with van der Waals surface area (Å²) in [5.41, 5.74) is 7.94. The number of hydrogen-bond donors (Lipinski definition) is 0. The molecule has 0 unspecified atom stereocenters. The lowest BCUT2D eigenvalue weighted by atomic mass is 9.73. The van der Waals surface area contributed by atoms with Crippen LogP contribution in [0.1, 0.15) is 25.0 Å². The van der Waals surface area contributed by atoms with Gasteiger partial charge in [-0.2, -0.15) is 0 Å². The van der Waals surface area contributed by atoms with Crippen LogP contribution in [0.4, 0.5) is 25.8 Å². The molecular formula is C35H26F2N4. The van der Waals surface area contributed by atoms with Crippen LogP contribution in [0.5, 0.6) is 0 Å². The smallest absolute Gasteiger partial charge is 0.182 e. The summed E-state index contributed by atoms with van der Waals surface area (Å²) in [6, 6.07) is 37.5. The van der Waals surface area contributed by atoms with Gasteiger partial charge in [-0.25, -0.2) is 18.4 Å². The first-order valence-corrected chi connectivity index (χ1v) is 13.5. The van der Waals surface area contributed by atoms with E-state index < -0.39 is 0 Å². The maximum absolute atomic E-state index is 13.7. The first-order valence-electron chi connectivity index (χ1n) is 13.5. The molecule has 0 spiro atoms. The van der Waals surface area contributed by atoms with Crippen LogP contribution in [0.15, 0.2) is 121 Å². The summed E-state index contributed by atoms with van der Waals surface area (Å²) in [6.45, 7) is 4.54. The predicted octanol–water partition coefficient (Wildman–Crippen LogP) is 8.99. The summed E-state index contributed by atoms with van der Waals surface area (Å²) in [5.74, 6) is 0.386. The highest BCUT2D eigenvalue weighted by Crippen LogP contribution is 2.51. The molecule has 4 nitrogen and oxygen atoms in total. The van der Waals surface area contributed by atoms with Crippen LogP contribution >= 0.6 is 0 Å². The van der Waals surface area contributed by atoms with Crippen molar-refractivity contribution in [1.82, 2.24) is 14.8 Å². The van der Waals surface area contributed by atoms with Crippen molar-refractivity contribution in [3.05, 3.63) is 144 Å². The van der Waals surface area contributed by atoms with Crippen molar-refractivity contribution in [3.8, 4) is 28.5 Å². The molecule has 0 bridgehead atoms. The number of para-hydroxylation sites is 2. The second-order valence-electron chi connectivity index (χ2n) is 10.7. The minimum atomic E-state index is -0.336. The van der Waals surface area contributed by atoms with Gasteiger partial charge in [-0.15, -0.1) is 5.10 Å². The quantitative estimate of drug-likeness (QED) is 0.224. The Hall–Kier alpha value is -5.10. The number of hydrogen-bond acceptors (Lipinski definition) is 3. The first kappa shape index (κ1) is 24.9. The van der Waals surface area contributed by atoms with E-state index in [4.69, 9.17) is 10.1 Å². The van der Waals surface area contributed by atoms with Gasteiger partial charge < -0.3 is 4.90 Å². The van der Waals surface area contributed by atoms with Crippen LogP contribution in [0.2, 0.25) is 0 Å². The highest BCUT2D eigenvalue weighted by Gasteiger charge is 2.36. The number of halogens is 2. The third-order valence-corrected chi connectivity index (χ3v) is 7.80. The number of aromatic nitrogens is 3. The van der Waals surface area contributed by atoms with Gasteiger partial charge in [0.05, 0.1) is 17.1 Å². The Morgan fingerprint density at radius 3 is 1.63 bits per heavy atom. The molecule has 6 heteroatoms. The van der Waals surface area contributed by atoms with Crippen LogP contribution in [0, 0.1) is 11.6 Å². The molecule has 0 fully saturated rings. The van der Waals surface area contributed by atoms with Crippen molar-refractivity contribution in [2.75, 3.05) is 4.90 Å². The molecule has 0 saturated carbocycles. The number of fused-ring (bicyclic) bond motifs is 2. The second-order valence-corrected chi connectivity index (χ2v) is 10.7. The fourth-order valence-electron chi connectivity index (χ4n) is 5.69. The summed E-state index contributed by atoms with van der Waals surface area (Å²) >= 11 is 0. The highest BCUT2D eigenvalue weighted by atomic mass is 19.1. The van der Waals surface area contributed by atoms with E-state index in [9.17, 15) is 8.78 Å². The van der Waals surface area contributed by atoms with E-state index in [1.54, 1.807) is 28.9 Å². The third kappa shape index (κ3) is 4.19. The largest absolute Gasteiger partial charge is 0.310 e. The minimum Gasteiger partial charge on any atom is -0.310 e. The molecule has 6 aromatic rings. The molecule has 0 N–H and O–H groups in total. The monoisotopic (exact) mass is 540 g/mol. The second kappa shape index (κ2) is 9.52. The molecule has 0 aliphatic carbocycles. The normalized spacial score (nSPS) is 13.5.